The summed E-state index contributed by atoms with van der Waals surface area (Å²) >= 11 is 6.07. The second-order valence-electron chi connectivity index (χ2n) is 8.17. The Labute approximate surface area is 188 Å². The van der Waals surface area contributed by atoms with E-state index in [1.165, 1.54) is 30.8 Å². The summed E-state index contributed by atoms with van der Waals surface area (Å²) in [6.45, 7) is 10.3. The summed E-state index contributed by atoms with van der Waals surface area (Å²) in [6.07, 6.45) is 9.19. The summed E-state index contributed by atoms with van der Waals surface area (Å²) in [5.74, 6) is 0.828. The number of hydrazine groups is 2. The number of hydrogen-bond donors (Lipinski definition) is 4. The molecule has 172 valence electrons. The monoisotopic (exact) mass is 439 g/mol. The van der Waals surface area contributed by atoms with E-state index in [0.29, 0.717) is 28.8 Å². The molecule has 0 heterocycles. The van der Waals surface area contributed by atoms with Gasteiger partial charge in [-0.1, -0.05) is 77.8 Å². The van der Waals surface area contributed by atoms with E-state index < -0.39 is 0 Å². The minimum Gasteiger partial charge on any atom is -0.397 e. The number of nitrogens with two attached hydrogens (primary N) is 2. The van der Waals surface area contributed by atoms with Crippen molar-refractivity contribution >= 4 is 28.9 Å². The Kier molecular flexibility index (Phi) is 12.8. The zero-order chi connectivity index (χ0) is 22.5. The molecule has 0 aliphatic heterocycles. The SMILES string of the molecule is CCCCC(CC)CNN(NCC(CC)CCCC)C(=O)c1cc(N)c(Cl)c(N)c1. The molecule has 0 saturated carbocycles. The Hall–Kier alpha value is -1.50. The Morgan fingerprint density at radius 2 is 1.37 bits per heavy atom. The summed E-state index contributed by atoms with van der Waals surface area (Å²) in [5.41, 5.74) is 19.5. The van der Waals surface area contributed by atoms with Crippen molar-refractivity contribution in [2.24, 2.45) is 11.8 Å². The largest absolute Gasteiger partial charge is 0.397 e. The van der Waals surface area contributed by atoms with Crippen LogP contribution < -0.4 is 22.3 Å². The van der Waals surface area contributed by atoms with Crippen molar-refractivity contribution in [2.75, 3.05) is 24.6 Å². The van der Waals surface area contributed by atoms with Crippen molar-refractivity contribution < 1.29 is 4.79 Å². The predicted molar refractivity (Wildman–Crippen MR) is 129 cm³/mol. The highest BCUT2D eigenvalue weighted by molar-refractivity contribution is 6.35. The topological polar surface area (TPSA) is 96.4 Å². The number of carbonyl (C=O) groups is 1. The van der Waals surface area contributed by atoms with Crippen molar-refractivity contribution in [1.29, 1.82) is 0 Å². The van der Waals surface area contributed by atoms with E-state index in [1.807, 2.05) is 0 Å². The lowest BCUT2D eigenvalue weighted by atomic mass is 9.99. The maximum absolute atomic E-state index is 13.2. The van der Waals surface area contributed by atoms with Crippen LogP contribution in [0.25, 0.3) is 0 Å². The Balaban J connectivity index is 2.93. The lowest BCUT2D eigenvalue weighted by Gasteiger charge is -2.28. The van der Waals surface area contributed by atoms with Crippen molar-refractivity contribution in [3.05, 3.63) is 22.7 Å². The third-order valence-corrected chi connectivity index (χ3v) is 6.18. The number of anilines is 2. The maximum Gasteiger partial charge on any atom is 0.282 e. The van der Waals surface area contributed by atoms with Crippen molar-refractivity contribution in [3.63, 3.8) is 0 Å². The van der Waals surface area contributed by atoms with Gasteiger partial charge in [-0.3, -0.25) is 4.79 Å². The number of nitrogen functional groups attached to an aromatic ring is 2. The zero-order valence-corrected chi connectivity index (χ0v) is 20.0. The fourth-order valence-electron chi connectivity index (χ4n) is 3.45. The first-order valence-corrected chi connectivity index (χ1v) is 11.9. The zero-order valence-electron chi connectivity index (χ0n) is 19.3. The van der Waals surface area contributed by atoms with Gasteiger partial charge in [0.25, 0.3) is 5.91 Å². The fourth-order valence-corrected chi connectivity index (χ4v) is 3.56. The molecule has 0 saturated heterocycles. The molecule has 2 atom stereocenters. The van der Waals surface area contributed by atoms with E-state index in [0.717, 1.165) is 38.8 Å². The average molecular weight is 440 g/mol. The minimum atomic E-state index is -0.208. The summed E-state index contributed by atoms with van der Waals surface area (Å²) in [7, 11) is 0. The van der Waals surface area contributed by atoms with Gasteiger partial charge in [0.05, 0.1) is 16.4 Å². The van der Waals surface area contributed by atoms with Gasteiger partial charge in [-0.05, 0) is 36.8 Å². The van der Waals surface area contributed by atoms with Gasteiger partial charge in [0.2, 0.25) is 0 Å². The van der Waals surface area contributed by atoms with Gasteiger partial charge in [-0.15, -0.1) is 0 Å². The molecule has 1 aromatic carbocycles. The number of unbranched alkanes of at least 4 members (excludes halogenated alkanes) is 2. The van der Waals surface area contributed by atoms with Crippen LogP contribution in [0, 0.1) is 11.8 Å². The van der Waals surface area contributed by atoms with Crippen LogP contribution in [0.5, 0.6) is 0 Å². The van der Waals surface area contributed by atoms with Gasteiger partial charge >= 0.3 is 0 Å². The second-order valence-corrected chi connectivity index (χ2v) is 8.54. The molecule has 2 unspecified atom stereocenters. The number of amides is 1. The molecule has 0 aliphatic carbocycles. The van der Waals surface area contributed by atoms with Crippen molar-refractivity contribution in [2.45, 2.75) is 79.1 Å². The van der Waals surface area contributed by atoms with E-state index >= 15 is 0 Å². The summed E-state index contributed by atoms with van der Waals surface area (Å²) in [4.78, 5) is 13.2. The van der Waals surface area contributed by atoms with E-state index in [-0.39, 0.29) is 10.9 Å². The van der Waals surface area contributed by atoms with Crippen molar-refractivity contribution in [3.8, 4) is 0 Å². The number of halogens is 1. The Bertz CT molecular complexity index is 597. The molecule has 30 heavy (non-hydrogen) atoms. The average Bonchev–Trinajstić information content (AvgIpc) is 2.75. The first-order chi connectivity index (χ1) is 14.4. The molecular weight excluding hydrogens is 398 g/mol. The number of benzene rings is 1. The number of carbonyl (C=O) groups excluding carboxylic acids is 1. The summed E-state index contributed by atoms with van der Waals surface area (Å²) < 4.78 is 0. The minimum absolute atomic E-state index is 0.208. The molecule has 0 fully saturated rings. The predicted octanol–water partition coefficient (Wildman–Crippen LogP) is 5.39. The molecule has 7 heteroatoms. The van der Waals surface area contributed by atoms with E-state index in [1.54, 1.807) is 12.1 Å². The molecule has 1 aromatic rings. The van der Waals surface area contributed by atoms with Gasteiger partial charge in [-0.2, -0.15) is 0 Å². The lowest BCUT2D eigenvalue weighted by Crippen LogP contribution is -2.54. The van der Waals surface area contributed by atoms with Crippen LogP contribution in [0.4, 0.5) is 11.4 Å². The van der Waals surface area contributed by atoms with Crippen LogP contribution in [-0.4, -0.2) is 24.1 Å². The first kappa shape index (κ1) is 26.5. The molecule has 0 spiro atoms. The molecule has 1 amide bonds. The first-order valence-electron chi connectivity index (χ1n) is 11.5. The number of rotatable bonds is 15. The third-order valence-electron chi connectivity index (χ3n) is 5.74. The van der Waals surface area contributed by atoms with Gasteiger partial charge in [0.1, 0.15) is 0 Å². The smallest absolute Gasteiger partial charge is 0.282 e. The third kappa shape index (κ3) is 8.70. The molecule has 6 N–H and O–H groups in total. The van der Waals surface area contributed by atoms with Crippen LogP contribution in [0.2, 0.25) is 5.02 Å². The Morgan fingerprint density at radius 1 is 0.933 bits per heavy atom. The van der Waals surface area contributed by atoms with Crippen LogP contribution >= 0.6 is 11.6 Å². The van der Waals surface area contributed by atoms with Crippen LogP contribution in [0.3, 0.4) is 0 Å². The standard InChI is InChI=1S/C23H42ClN5O/c1-5-9-11-17(7-3)15-27-29(28-16-18(8-4)12-10-6-2)23(30)19-13-20(25)22(24)21(26)14-19/h13-14,17-18,27-28H,5-12,15-16,25-26H2,1-4H3. The fraction of sp³-hybridized carbons (Fsp3) is 0.696. The van der Waals surface area contributed by atoms with E-state index in [4.69, 9.17) is 23.1 Å². The molecule has 0 aliphatic rings. The molecule has 0 aromatic heterocycles. The number of nitrogens with zero attached hydrogens (tertiary/aromatic N) is 1. The highest BCUT2D eigenvalue weighted by Crippen LogP contribution is 2.27. The molecule has 6 nitrogen and oxygen atoms in total. The highest BCUT2D eigenvalue weighted by atomic mass is 35.5. The van der Waals surface area contributed by atoms with Crippen molar-refractivity contribution in [1.82, 2.24) is 16.0 Å². The molecule has 1 rings (SSSR count). The molecule has 0 radical (unpaired) electrons. The van der Waals surface area contributed by atoms with Gasteiger partial charge in [0, 0.05) is 18.7 Å². The second kappa shape index (κ2) is 14.5. The highest BCUT2D eigenvalue weighted by Gasteiger charge is 2.20. The van der Waals surface area contributed by atoms with Gasteiger partial charge in [0.15, 0.2) is 0 Å². The van der Waals surface area contributed by atoms with E-state index in [2.05, 4.69) is 38.5 Å². The summed E-state index contributed by atoms with van der Waals surface area (Å²) in [5, 5.41) is 1.81. The number of nitrogens with one attached hydrogen (secondary N) is 2. The molecule has 0 bridgehead atoms. The van der Waals surface area contributed by atoms with Crippen LogP contribution in [0.1, 0.15) is 89.4 Å². The number of hydrogen-bond acceptors (Lipinski definition) is 5. The normalized spacial score (nSPS) is 13.2. The maximum atomic E-state index is 13.2. The lowest BCUT2D eigenvalue weighted by molar-refractivity contribution is 0.0465. The summed E-state index contributed by atoms with van der Waals surface area (Å²) in [6, 6.07) is 3.17. The van der Waals surface area contributed by atoms with Gasteiger partial charge < -0.3 is 11.5 Å². The molecular formula is C23H42ClN5O. The van der Waals surface area contributed by atoms with E-state index in [9.17, 15) is 4.79 Å². The Morgan fingerprint density at radius 3 is 1.73 bits per heavy atom. The van der Waals surface area contributed by atoms with Crippen LogP contribution in [-0.2, 0) is 0 Å². The van der Waals surface area contributed by atoms with Crippen LogP contribution in [0.15, 0.2) is 12.1 Å². The quantitative estimate of drug-likeness (QED) is 0.217. The van der Waals surface area contributed by atoms with Gasteiger partial charge in [-0.25, -0.2) is 16.0 Å².